The first-order valence-corrected chi connectivity index (χ1v) is 13.4. The van der Waals surface area contributed by atoms with E-state index in [0.717, 1.165) is 5.56 Å². The lowest BCUT2D eigenvalue weighted by molar-refractivity contribution is -0.143. The van der Waals surface area contributed by atoms with Crippen LogP contribution >= 0.6 is 11.8 Å². The summed E-state index contributed by atoms with van der Waals surface area (Å²) in [6.45, 7) is 3.37. The Morgan fingerprint density at radius 1 is 1.00 bits per heavy atom. The summed E-state index contributed by atoms with van der Waals surface area (Å²) in [5.74, 6) is -2.66. The molecule has 202 valence electrons. The summed E-state index contributed by atoms with van der Waals surface area (Å²) in [7, 11) is 0. The highest BCUT2D eigenvalue weighted by Gasteiger charge is 2.31. The first-order valence-electron chi connectivity index (χ1n) is 12.0. The predicted molar refractivity (Wildman–Crippen MR) is 142 cm³/mol. The van der Waals surface area contributed by atoms with Crippen LogP contribution in [0.4, 0.5) is 0 Å². The van der Waals surface area contributed by atoms with E-state index in [1.165, 1.54) is 24.3 Å². The molecular weight excluding hydrogens is 496 g/mol. The highest BCUT2D eigenvalue weighted by atomic mass is 32.2. The van der Waals surface area contributed by atoms with Crippen molar-refractivity contribution in [1.82, 2.24) is 25.9 Å². The highest BCUT2D eigenvalue weighted by molar-refractivity contribution is 7.98. The lowest BCUT2D eigenvalue weighted by Crippen LogP contribution is -2.58. The number of carboxylic acid groups (broad SMARTS) is 1. The Balaban J connectivity index is 2.16. The molecular formula is C25H36N6O5S. The highest BCUT2D eigenvalue weighted by Crippen LogP contribution is 2.08. The van der Waals surface area contributed by atoms with Crippen molar-refractivity contribution in [2.75, 3.05) is 12.0 Å². The molecule has 12 heteroatoms. The van der Waals surface area contributed by atoms with E-state index in [4.69, 9.17) is 5.73 Å². The van der Waals surface area contributed by atoms with Crippen LogP contribution in [-0.4, -0.2) is 74.9 Å². The van der Waals surface area contributed by atoms with Crippen molar-refractivity contribution in [3.63, 3.8) is 0 Å². The maximum atomic E-state index is 13.3. The van der Waals surface area contributed by atoms with Gasteiger partial charge in [0.15, 0.2) is 0 Å². The molecule has 11 nitrogen and oxygen atoms in total. The number of aromatic amines is 1. The fourth-order valence-electron chi connectivity index (χ4n) is 3.61. The van der Waals surface area contributed by atoms with Crippen LogP contribution in [0.3, 0.4) is 0 Å². The van der Waals surface area contributed by atoms with Crippen molar-refractivity contribution >= 4 is 35.5 Å². The zero-order valence-corrected chi connectivity index (χ0v) is 22.1. The van der Waals surface area contributed by atoms with Gasteiger partial charge in [-0.05, 0) is 36.3 Å². The van der Waals surface area contributed by atoms with E-state index in [0.29, 0.717) is 11.4 Å². The molecule has 1 aromatic carbocycles. The molecule has 2 aromatic rings. The maximum absolute atomic E-state index is 13.3. The molecule has 0 aliphatic rings. The molecule has 4 atom stereocenters. The van der Waals surface area contributed by atoms with Gasteiger partial charge in [0, 0.05) is 18.3 Å². The van der Waals surface area contributed by atoms with Crippen molar-refractivity contribution < 1.29 is 24.3 Å². The van der Waals surface area contributed by atoms with Gasteiger partial charge in [-0.15, -0.1) is 0 Å². The second-order valence-electron chi connectivity index (χ2n) is 9.05. The molecule has 0 radical (unpaired) electrons. The van der Waals surface area contributed by atoms with Gasteiger partial charge >= 0.3 is 5.97 Å². The molecule has 0 fully saturated rings. The second-order valence-corrected chi connectivity index (χ2v) is 10.0. The van der Waals surface area contributed by atoms with Crippen LogP contribution in [0.5, 0.6) is 0 Å². The lowest BCUT2D eigenvalue weighted by atomic mass is 10.0. The number of hydrogen-bond donors (Lipinski definition) is 6. The molecule has 0 aliphatic heterocycles. The normalized spacial score (nSPS) is 14.3. The minimum absolute atomic E-state index is 0.0935. The smallest absolute Gasteiger partial charge is 0.326 e. The summed E-state index contributed by atoms with van der Waals surface area (Å²) in [5.41, 5.74) is 7.60. The number of H-pyrrole nitrogens is 1. The van der Waals surface area contributed by atoms with Crippen molar-refractivity contribution in [2.24, 2.45) is 11.7 Å². The third kappa shape index (κ3) is 9.89. The average molecular weight is 533 g/mol. The van der Waals surface area contributed by atoms with Gasteiger partial charge in [0.1, 0.15) is 18.1 Å². The number of nitrogens with two attached hydrogens (primary N) is 1. The van der Waals surface area contributed by atoms with Gasteiger partial charge in [-0.25, -0.2) is 9.78 Å². The molecule has 0 saturated carbocycles. The van der Waals surface area contributed by atoms with E-state index in [1.807, 2.05) is 36.6 Å². The van der Waals surface area contributed by atoms with Crippen molar-refractivity contribution in [3.05, 3.63) is 54.1 Å². The minimum Gasteiger partial charge on any atom is -0.480 e. The van der Waals surface area contributed by atoms with Gasteiger partial charge in [-0.1, -0.05) is 44.2 Å². The summed E-state index contributed by atoms with van der Waals surface area (Å²) in [6, 6.07) is 5.26. The van der Waals surface area contributed by atoms with Crippen molar-refractivity contribution in [2.45, 2.75) is 57.3 Å². The number of rotatable bonds is 15. The first kappa shape index (κ1) is 29.8. The summed E-state index contributed by atoms with van der Waals surface area (Å²) in [5, 5.41) is 17.4. The summed E-state index contributed by atoms with van der Waals surface area (Å²) < 4.78 is 0. The molecule has 1 heterocycles. The van der Waals surface area contributed by atoms with Gasteiger partial charge in [0.05, 0.1) is 12.4 Å². The molecule has 37 heavy (non-hydrogen) atoms. The van der Waals surface area contributed by atoms with Crippen molar-refractivity contribution in [3.8, 4) is 0 Å². The number of hydrogen-bond acceptors (Lipinski definition) is 7. The molecule has 0 aliphatic carbocycles. The topological polar surface area (TPSA) is 179 Å². The van der Waals surface area contributed by atoms with E-state index in [1.54, 1.807) is 13.8 Å². The number of imidazole rings is 1. The lowest BCUT2D eigenvalue weighted by Gasteiger charge is -2.26. The van der Waals surface area contributed by atoms with E-state index in [-0.39, 0.29) is 25.2 Å². The van der Waals surface area contributed by atoms with E-state index in [2.05, 4.69) is 25.9 Å². The van der Waals surface area contributed by atoms with Crippen LogP contribution in [0, 0.1) is 5.92 Å². The molecule has 4 unspecified atom stereocenters. The Bertz CT molecular complexity index is 1020. The number of carboxylic acids is 1. The Hall–Kier alpha value is -3.38. The summed E-state index contributed by atoms with van der Waals surface area (Å²) in [4.78, 5) is 57.6. The Morgan fingerprint density at radius 2 is 1.65 bits per heavy atom. The molecule has 3 amide bonds. The number of carbonyl (C=O) groups is 4. The number of carbonyl (C=O) groups excluding carboxylic acids is 3. The van der Waals surface area contributed by atoms with Gasteiger partial charge in [0.25, 0.3) is 0 Å². The average Bonchev–Trinajstić information content (AvgIpc) is 3.37. The quantitative estimate of drug-likeness (QED) is 0.191. The Kier molecular flexibility index (Phi) is 12.1. The third-order valence-corrected chi connectivity index (χ3v) is 6.37. The molecule has 7 N–H and O–H groups in total. The first-order chi connectivity index (χ1) is 17.6. The monoisotopic (exact) mass is 532 g/mol. The third-order valence-electron chi connectivity index (χ3n) is 5.72. The molecule has 0 bridgehead atoms. The standard InChI is InChI=1S/C25H36N6O5S/c1-15(2)21(25(35)36)31-23(33)19(9-10-37-3)29-24(34)20(12-17-13-27-14-28-17)30-22(32)18(26)11-16-7-5-4-6-8-16/h4-8,13-15,18-21H,9-12,26H2,1-3H3,(H,27,28)(H,29,34)(H,30,32)(H,31,33)(H,35,36). The minimum atomic E-state index is -1.16. The van der Waals surface area contributed by atoms with Crippen LogP contribution in [0.15, 0.2) is 42.9 Å². The molecule has 0 saturated heterocycles. The number of thioether (sulfide) groups is 1. The van der Waals surface area contributed by atoms with Crippen molar-refractivity contribution in [1.29, 1.82) is 0 Å². The van der Waals surface area contributed by atoms with Crippen LogP contribution < -0.4 is 21.7 Å². The van der Waals surface area contributed by atoms with E-state index in [9.17, 15) is 24.3 Å². The van der Waals surface area contributed by atoms with Gasteiger partial charge in [-0.3, -0.25) is 14.4 Å². The number of nitrogens with zero attached hydrogens (tertiary/aromatic N) is 1. The number of nitrogens with one attached hydrogen (secondary N) is 4. The van der Waals surface area contributed by atoms with Crippen LogP contribution in [0.2, 0.25) is 0 Å². The largest absolute Gasteiger partial charge is 0.480 e. The second kappa shape index (κ2) is 15.0. The zero-order valence-electron chi connectivity index (χ0n) is 21.3. The summed E-state index contributed by atoms with van der Waals surface area (Å²) >= 11 is 1.49. The molecule has 1 aromatic heterocycles. The number of amides is 3. The van der Waals surface area contributed by atoms with Gasteiger partial charge in [0.2, 0.25) is 17.7 Å². The fraction of sp³-hybridized carbons (Fsp3) is 0.480. The van der Waals surface area contributed by atoms with E-state index < -0.39 is 47.9 Å². The maximum Gasteiger partial charge on any atom is 0.326 e. The summed E-state index contributed by atoms with van der Waals surface area (Å²) in [6.07, 6.45) is 5.52. The Labute approximate surface area is 220 Å². The fourth-order valence-corrected chi connectivity index (χ4v) is 4.08. The van der Waals surface area contributed by atoms with Gasteiger partial charge in [-0.2, -0.15) is 11.8 Å². The van der Waals surface area contributed by atoms with E-state index >= 15 is 0 Å². The molecule has 2 rings (SSSR count). The van der Waals surface area contributed by atoms with Crippen LogP contribution in [0.25, 0.3) is 0 Å². The zero-order chi connectivity index (χ0) is 27.4. The SMILES string of the molecule is CSCCC(NC(=O)C(Cc1cnc[nH]1)NC(=O)C(N)Cc1ccccc1)C(=O)NC(C(=O)O)C(C)C. The van der Waals surface area contributed by atoms with Crippen LogP contribution in [0.1, 0.15) is 31.5 Å². The molecule has 0 spiro atoms. The number of aromatic nitrogens is 2. The predicted octanol–water partition coefficient (Wildman–Crippen LogP) is 0.470. The number of aliphatic carboxylic acids is 1. The van der Waals surface area contributed by atoms with Crippen LogP contribution in [-0.2, 0) is 32.0 Å². The Morgan fingerprint density at radius 3 is 2.22 bits per heavy atom. The number of benzene rings is 1. The van der Waals surface area contributed by atoms with Gasteiger partial charge < -0.3 is 31.8 Å².